The third kappa shape index (κ3) is 4.24. The van der Waals surface area contributed by atoms with E-state index in [1.807, 2.05) is 36.4 Å². The van der Waals surface area contributed by atoms with E-state index in [0.29, 0.717) is 5.76 Å². The number of halogens is 1. The number of hydrogen-bond donors (Lipinski definition) is 1. The summed E-state index contributed by atoms with van der Waals surface area (Å²) < 4.78 is 6.13. The minimum absolute atomic E-state index is 0.171. The molecule has 0 unspecified atom stereocenters. The first-order chi connectivity index (χ1) is 9.17. The summed E-state index contributed by atoms with van der Waals surface area (Å²) in [5.41, 5.74) is 2.04. The third-order valence-corrected chi connectivity index (χ3v) is 3.20. The fourth-order valence-electron chi connectivity index (χ4n) is 1.58. The molecule has 0 aliphatic carbocycles. The average molecular weight is 367 g/mol. The van der Waals surface area contributed by atoms with E-state index in [0.717, 1.165) is 15.9 Å². The van der Waals surface area contributed by atoms with Crippen LogP contribution < -0.4 is 5.32 Å². The zero-order chi connectivity index (χ0) is 13.7. The first kappa shape index (κ1) is 13.9. The van der Waals surface area contributed by atoms with Crippen molar-refractivity contribution in [3.05, 3.63) is 57.6 Å². The summed E-state index contributed by atoms with van der Waals surface area (Å²) in [7, 11) is 0. The molecule has 98 valence electrons. The number of benzene rings is 1. The van der Waals surface area contributed by atoms with Gasteiger partial charge in [-0.2, -0.15) is 0 Å². The van der Waals surface area contributed by atoms with Crippen molar-refractivity contribution in [1.82, 2.24) is 0 Å². The largest absolute Gasteiger partial charge is 0.451 e. The van der Waals surface area contributed by atoms with Crippen LogP contribution in [0.2, 0.25) is 0 Å². The molecule has 1 heterocycles. The van der Waals surface area contributed by atoms with Crippen LogP contribution in [0.3, 0.4) is 0 Å². The van der Waals surface area contributed by atoms with Crippen LogP contribution in [-0.4, -0.2) is 5.91 Å². The maximum Gasteiger partial charge on any atom is 0.248 e. The second kappa shape index (κ2) is 6.56. The predicted molar refractivity (Wildman–Crippen MR) is 84.9 cm³/mol. The summed E-state index contributed by atoms with van der Waals surface area (Å²) in [4.78, 5) is 11.7. The lowest BCUT2D eigenvalue weighted by Gasteiger charge is -2.02. The Kier molecular flexibility index (Phi) is 4.79. The van der Waals surface area contributed by atoms with E-state index in [2.05, 4.69) is 34.8 Å². The summed E-state index contributed by atoms with van der Waals surface area (Å²) in [5.74, 6) is 0.497. The van der Waals surface area contributed by atoms with Crippen molar-refractivity contribution >= 4 is 40.3 Å². The molecule has 0 saturated heterocycles. The van der Waals surface area contributed by atoms with Gasteiger partial charge in [0.05, 0.1) is 0 Å². The number of rotatable bonds is 4. The summed E-state index contributed by atoms with van der Waals surface area (Å²) in [6.45, 7) is 2.10. The first-order valence-corrected chi connectivity index (χ1v) is 7.08. The molecule has 2 aromatic rings. The predicted octanol–water partition coefficient (Wildman–Crippen LogP) is 4.10. The highest BCUT2D eigenvalue weighted by Crippen LogP contribution is 2.12. The molecule has 0 fully saturated rings. The first-order valence-electron chi connectivity index (χ1n) is 6.00. The van der Waals surface area contributed by atoms with Gasteiger partial charge in [0, 0.05) is 11.8 Å². The Labute approximate surface area is 125 Å². The zero-order valence-corrected chi connectivity index (χ0v) is 12.7. The standard InChI is InChI=1S/C15H14INO2/c1-2-11-3-5-12(6-4-11)17-15(18)10-8-13-7-9-14(16)19-13/h3-10H,2H2,1H3,(H,17,18)/b10-8+. The van der Waals surface area contributed by atoms with E-state index >= 15 is 0 Å². The fourth-order valence-corrected chi connectivity index (χ4v) is 2.02. The molecule has 1 aromatic heterocycles. The Morgan fingerprint density at radius 2 is 2.00 bits per heavy atom. The summed E-state index contributed by atoms with van der Waals surface area (Å²) >= 11 is 2.08. The fraction of sp³-hybridized carbons (Fsp3) is 0.133. The van der Waals surface area contributed by atoms with Gasteiger partial charge in [-0.1, -0.05) is 19.1 Å². The molecule has 0 radical (unpaired) electrons. The number of nitrogens with one attached hydrogen (secondary N) is 1. The van der Waals surface area contributed by atoms with Gasteiger partial charge in [0.1, 0.15) is 5.76 Å². The maximum atomic E-state index is 11.7. The molecule has 1 aromatic carbocycles. The van der Waals surface area contributed by atoms with Crippen LogP contribution in [-0.2, 0) is 11.2 Å². The molecule has 0 spiro atoms. The Bertz CT molecular complexity index is 584. The van der Waals surface area contributed by atoms with E-state index in [1.165, 1.54) is 11.6 Å². The van der Waals surface area contributed by atoms with Crippen LogP contribution >= 0.6 is 22.6 Å². The molecule has 0 aliphatic rings. The van der Waals surface area contributed by atoms with Gasteiger partial charge in [-0.25, -0.2) is 0 Å². The minimum Gasteiger partial charge on any atom is -0.451 e. The monoisotopic (exact) mass is 367 g/mol. The number of furan rings is 1. The highest BCUT2D eigenvalue weighted by Gasteiger charge is 1.99. The maximum absolute atomic E-state index is 11.7. The van der Waals surface area contributed by atoms with Crippen LogP contribution in [0.4, 0.5) is 5.69 Å². The molecule has 19 heavy (non-hydrogen) atoms. The van der Waals surface area contributed by atoms with Crippen LogP contribution in [0.15, 0.2) is 46.9 Å². The molecule has 0 bridgehead atoms. The molecule has 4 heteroatoms. The Morgan fingerprint density at radius 1 is 1.26 bits per heavy atom. The van der Waals surface area contributed by atoms with Crippen molar-refractivity contribution in [1.29, 1.82) is 0 Å². The van der Waals surface area contributed by atoms with Gasteiger partial charge in [0.2, 0.25) is 5.91 Å². The topological polar surface area (TPSA) is 42.2 Å². The van der Waals surface area contributed by atoms with Gasteiger partial charge in [0.25, 0.3) is 0 Å². The van der Waals surface area contributed by atoms with Gasteiger partial charge in [-0.3, -0.25) is 4.79 Å². The summed E-state index contributed by atoms with van der Waals surface area (Å²) in [6, 6.07) is 11.5. The van der Waals surface area contributed by atoms with Gasteiger partial charge < -0.3 is 9.73 Å². The Balaban J connectivity index is 1.95. The smallest absolute Gasteiger partial charge is 0.248 e. The number of carbonyl (C=O) groups excluding carboxylic acids is 1. The Hall–Kier alpha value is -1.56. The van der Waals surface area contributed by atoms with E-state index < -0.39 is 0 Å². The number of carbonyl (C=O) groups is 1. The zero-order valence-electron chi connectivity index (χ0n) is 10.5. The van der Waals surface area contributed by atoms with Gasteiger partial charge in [-0.05, 0) is 64.9 Å². The van der Waals surface area contributed by atoms with Crippen molar-refractivity contribution in [3.63, 3.8) is 0 Å². The van der Waals surface area contributed by atoms with E-state index in [9.17, 15) is 4.79 Å². The van der Waals surface area contributed by atoms with Gasteiger partial charge >= 0.3 is 0 Å². The van der Waals surface area contributed by atoms with Gasteiger partial charge in [0.15, 0.2) is 3.77 Å². The lowest BCUT2D eigenvalue weighted by atomic mass is 10.1. The minimum atomic E-state index is -0.171. The van der Waals surface area contributed by atoms with Crippen molar-refractivity contribution in [2.24, 2.45) is 0 Å². The lowest BCUT2D eigenvalue weighted by molar-refractivity contribution is -0.111. The molecule has 3 nitrogen and oxygen atoms in total. The van der Waals surface area contributed by atoms with Crippen molar-refractivity contribution < 1.29 is 9.21 Å². The molecule has 1 N–H and O–H groups in total. The van der Waals surface area contributed by atoms with Crippen molar-refractivity contribution in [2.75, 3.05) is 5.32 Å². The summed E-state index contributed by atoms with van der Waals surface area (Å²) in [5, 5.41) is 2.80. The van der Waals surface area contributed by atoms with Crippen molar-refractivity contribution in [2.45, 2.75) is 13.3 Å². The van der Waals surface area contributed by atoms with Crippen LogP contribution in [0.5, 0.6) is 0 Å². The van der Waals surface area contributed by atoms with E-state index in [4.69, 9.17) is 4.42 Å². The Morgan fingerprint density at radius 3 is 2.58 bits per heavy atom. The average Bonchev–Trinajstić information content (AvgIpc) is 2.83. The SMILES string of the molecule is CCc1ccc(NC(=O)/C=C/c2ccc(I)o2)cc1. The highest BCUT2D eigenvalue weighted by molar-refractivity contribution is 14.1. The molecular weight excluding hydrogens is 353 g/mol. The molecule has 1 amide bonds. The third-order valence-electron chi connectivity index (χ3n) is 2.62. The number of hydrogen-bond acceptors (Lipinski definition) is 2. The van der Waals surface area contributed by atoms with Crippen molar-refractivity contribution in [3.8, 4) is 0 Å². The molecule has 0 atom stereocenters. The molecular formula is C15H14INO2. The number of aryl methyl sites for hydroxylation is 1. The number of anilines is 1. The lowest BCUT2D eigenvalue weighted by Crippen LogP contribution is -2.07. The highest BCUT2D eigenvalue weighted by atomic mass is 127. The quantitative estimate of drug-likeness (QED) is 0.653. The van der Waals surface area contributed by atoms with E-state index in [-0.39, 0.29) is 5.91 Å². The summed E-state index contributed by atoms with van der Waals surface area (Å²) in [6.07, 6.45) is 4.10. The van der Waals surface area contributed by atoms with Crippen LogP contribution in [0.25, 0.3) is 6.08 Å². The molecule has 0 aliphatic heterocycles. The normalized spacial score (nSPS) is 10.8. The molecule has 2 rings (SSSR count). The number of amides is 1. The van der Waals surface area contributed by atoms with Crippen LogP contribution in [0, 0.1) is 3.77 Å². The van der Waals surface area contributed by atoms with Gasteiger partial charge in [-0.15, -0.1) is 0 Å². The second-order valence-electron chi connectivity index (χ2n) is 4.01. The van der Waals surface area contributed by atoms with E-state index in [1.54, 1.807) is 6.08 Å². The molecule has 0 saturated carbocycles. The van der Waals surface area contributed by atoms with Crippen LogP contribution in [0.1, 0.15) is 18.2 Å². The second-order valence-corrected chi connectivity index (χ2v) is 5.08.